The zero-order chi connectivity index (χ0) is 21.9. The number of ether oxygens (including phenoxy) is 1. The molecule has 0 bridgehead atoms. The highest BCUT2D eigenvalue weighted by atomic mass is 35.5. The Balaban J connectivity index is 1.81. The van der Waals surface area contributed by atoms with Crippen LogP contribution in [0.5, 0.6) is 5.75 Å². The lowest BCUT2D eigenvalue weighted by molar-refractivity contribution is -0.120. The number of nitrogens with zero attached hydrogens (tertiary/aromatic N) is 1. The smallest absolute Gasteiger partial charge is 0.246 e. The molecule has 1 N–H and O–H groups in total. The highest BCUT2D eigenvalue weighted by Gasteiger charge is 2.35. The summed E-state index contributed by atoms with van der Waals surface area (Å²) in [7, 11) is -2.33. The van der Waals surface area contributed by atoms with Crippen LogP contribution in [0.2, 0.25) is 5.02 Å². The van der Waals surface area contributed by atoms with Gasteiger partial charge in [-0.05, 0) is 60.7 Å². The highest BCUT2D eigenvalue weighted by molar-refractivity contribution is 7.89. The molecule has 0 spiro atoms. The average molecular weight is 451 g/mol. The number of sulfonamides is 1. The molecular formula is C22H27ClN2O4S. The second-order valence-electron chi connectivity index (χ2n) is 7.76. The maximum atomic E-state index is 13.4. The first kappa shape index (κ1) is 22.6. The zero-order valence-corrected chi connectivity index (χ0v) is 19.0. The van der Waals surface area contributed by atoms with E-state index in [-0.39, 0.29) is 23.3 Å². The normalized spacial score (nSPS) is 17.7. The molecule has 1 fully saturated rings. The van der Waals surface area contributed by atoms with E-state index in [1.54, 1.807) is 36.4 Å². The number of piperidine rings is 1. The summed E-state index contributed by atoms with van der Waals surface area (Å²) in [5.41, 5.74) is 1.55. The minimum absolute atomic E-state index is 0.136. The molecule has 162 valence electrons. The molecule has 1 heterocycles. The van der Waals surface area contributed by atoms with Gasteiger partial charge in [0.1, 0.15) is 10.6 Å². The molecule has 1 saturated heterocycles. The molecule has 30 heavy (non-hydrogen) atoms. The molecule has 0 saturated carbocycles. The number of methoxy groups -OCH3 is 1. The van der Waals surface area contributed by atoms with E-state index in [9.17, 15) is 13.2 Å². The largest absolute Gasteiger partial charge is 0.495 e. The van der Waals surface area contributed by atoms with Crippen LogP contribution >= 0.6 is 11.6 Å². The summed E-state index contributed by atoms with van der Waals surface area (Å²) in [6.07, 6.45) is 1.25. The number of hydrogen-bond acceptors (Lipinski definition) is 4. The molecule has 6 nitrogen and oxygen atoms in total. The van der Waals surface area contributed by atoms with Gasteiger partial charge < -0.3 is 10.1 Å². The van der Waals surface area contributed by atoms with E-state index >= 15 is 0 Å². The summed E-state index contributed by atoms with van der Waals surface area (Å²) in [5.74, 6) is -0.125. The summed E-state index contributed by atoms with van der Waals surface area (Å²) in [6.45, 7) is 4.53. The average Bonchev–Trinajstić information content (AvgIpc) is 2.74. The first-order valence-corrected chi connectivity index (χ1v) is 11.8. The SMILES string of the molecule is COc1ccc(C(C)C)cc1S(=O)(=O)N1CCC[C@@H](C(=O)Nc2ccc(Cl)cc2)C1. The third kappa shape index (κ3) is 4.96. The van der Waals surface area contributed by atoms with Gasteiger partial charge in [-0.1, -0.05) is 31.5 Å². The van der Waals surface area contributed by atoms with Gasteiger partial charge in [-0.15, -0.1) is 0 Å². The third-order valence-corrected chi connectivity index (χ3v) is 7.48. The number of carbonyl (C=O) groups is 1. The number of anilines is 1. The van der Waals surface area contributed by atoms with Crippen molar-refractivity contribution in [1.82, 2.24) is 4.31 Å². The van der Waals surface area contributed by atoms with Crippen molar-refractivity contribution in [1.29, 1.82) is 0 Å². The van der Waals surface area contributed by atoms with Crippen LogP contribution < -0.4 is 10.1 Å². The minimum atomic E-state index is -3.79. The van der Waals surface area contributed by atoms with Crippen LogP contribution in [0.1, 0.15) is 38.2 Å². The van der Waals surface area contributed by atoms with Crippen LogP contribution in [0.3, 0.4) is 0 Å². The van der Waals surface area contributed by atoms with Crippen LogP contribution in [0.4, 0.5) is 5.69 Å². The molecule has 3 rings (SSSR count). The third-order valence-electron chi connectivity index (χ3n) is 5.34. The number of amides is 1. The Kier molecular flexibility index (Phi) is 7.06. The maximum absolute atomic E-state index is 13.4. The lowest BCUT2D eigenvalue weighted by Gasteiger charge is -2.31. The first-order chi connectivity index (χ1) is 14.2. The lowest BCUT2D eigenvalue weighted by atomic mass is 9.99. The van der Waals surface area contributed by atoms with Crippen LogP contribution in [0.25, 0.3) is 0 Å². The summed E-state index contributed by atoms with van der Waals surface area (Å²) < 4.78 is 33.5. The van der Waals surface area contributed by atoms with Crippen molar-refractivity contribution in [3.8, 4) is 5.75 Å². The molecule has 0 aliphatic carbocycles. The summed E-state index contributed by atoms with van der Waals surface area (Å²) >= 11 is 5.88. The van der Waals surface area contributed by atoms with Gasteiger partial charge in [0.15, 0.2) is 0 Å². The second-order valence-corrected chi connectivity index (χ2v) is 10.1. The van der Waals surface area contributed by atoms with E-state index in [0.29, 0.717) is 35.8 Å². The van der Waals surface area contributed by atoms with Gasteiger partial charge in [0.25, 0.3) is 0 Å². The fourth-order valence-electron chi connectivity index (χ4n) is 3.55. The van der Waals surface area contributed by atoms with Crippen molar-refractivity contribution in [3.63, 3.8) is 0 Å². The summed E-state index contributed by atoms with van der Waals surface area (Å²) in [5, 5.41) is 3.44. The standard InChI is InChI=1S/C22H27ClN2O4S/c1-15(2)16-6-11-20(29-3)21(13-16)30(27,28)25-12-4-5-17(14-25)22(26)24-19-9-7-18(23)8-10-19/h6-11,13,15,17H,4-5,12,14H2,1-3H3,(H,24,26)/t17-/m1/s1. The van der Waals surface area contributed by atoms with E-state index in [1.165, 1.54) is 11.4 Å². The van der Waals surface area contributed by atoms with Crippen molar-refractivity contribution in [2.24, 2.45) is 5.92 Å². The molecule has 1 amide bonds. The van der Waals surface area contributed by atoms with Crippen molar-refractivity contribution in [2.75, 3.05) is 25.5 Å². The summed E-state index contributed by atoms with van der Waals surface area (Å²) in [6, 6.07) is 12.1. The van der Waals surface area contributed by atoms with Crippen LogP contribution in [0.15, 0.2) is 47.4 Å². The number of benzene rings is 2. The zero-order valence-electron chi connectivity index (χ0n) is 17.4. The lowest BCUT2D eigenvalue weighted by Crippen LogP contribution is -2.43. The Bertz CT molecular complexity index is 1010. The van der Waals surface area contributed by atoms with Crippen molar-refractivity contribution < 1.29 is 17.9 Å². The maximum Gasteiger partial charge on any atom is 0.246 e. The Labute approximate surface area is 183 Å². The van der Waals surface area contributed by atoms with Gasteiger partial charge in [-0.2, -0.15) is 4.31 Å². The first-order valence-electron chi connectivity index (χ1n) is 9.97. The number of halogens is 1. The molecule has 1 aliphatic heterocycles. The predicted molar refractivity (Wildman–Crippen MR) is 119 cm³/mol. The van der Waals surface area contributed by atoms with Gasteiger partial charge >= 0.3 is 0 Å². The predicted octanol–water partition coefficient (Wildman–Crippen LogP) is 4.51. The van der Waals surface area contributed by atoms with Gasteiger partial charge in [-0.3, -0.25) is 4.79 Å². The molecule has 2 aromatic carbocycles. The van der Waals surface area contributed by atoms with E-state index < -0.39 is 15.9 Å². The van der Waals surface area contributed by atoms with E-state index in [2.05, 4.69) is 5.32 Å². The van der Waals surface area contributed by atoms with Crippen LogP contribution in [-0.2, 0) is 14.8 Å². The van der Waals surface area contributed by atoms with Crippen LogP contribution in [-0.4, -0.2) is 38.8 Å². The molecule has 1 atom stereocenters. The fourth-order valence-corrected chi connectivity index (χ4v) is 5.39. The molecule has 0 aromatic heterocycles. The van der Waals surface area contributed by atoms with E-state index in [4.69, 9.17) is 16.3 Å². The number of nitrogens with one attached hydrogen (secondary N) is 1. The Morgan fingerprint density at radius 3 is 2.53 bits per heavy atom. The van der Waals surface area contributed by atoms with Gasteiger partial charge in [0.05, 0.1) is 13.0 Å². The van der Waals surface area contributed by atoms with Gasteiger partial charge in [0, 0.05) is 23.8 Å². The van der Waals surface area contributed by atoms with Gasteiger partial charge in [0.2, 0.25) is 15.9 Å². The highest BCUT2D eigenvalue weighted by Crippen LogP contribution is 2.32. The minimum Gasteiger partial charge on any atom is -0.495 e. The topological polar surface area (TPSA) is 75.7 Å². The number of hydrogen-bond donors (Lipinski definition) is 1. The fraction of sp³-hybridized carbons (Fsp3) is 0.409. The van der Waals surface area contributed by atoms with Crippen molar-refractivity contribution >= 4 is 33.2 Å². The Morgan fingerprint density at radius 2 is 1.90 bits per heavy atom. The van der Waals surface area contributed by atoms with Gasteiger partial charge in [-0.25, -0.2) is 8.42 Å². The van der Waals surface area contributed by atoms with E-state index in [1.807, 2.05) is 19.9 Å². The number of rotatable bonds is 6. The quantitative estimate of drug-likeness (QED) is 0.702. The van der Waals surface area contributed by atoms with Crippen LogP contribution in [0, 0.1) is 5.92 Å². The Morgan fingerprint density at radius 1 is 1.20 bits per heavy atom. The number of carbonyl (C=O) groups excluding carboxylic acids is 1. The summed E-state index contributed by atoms with van der Waals surface area (Å²) in [4.78, 5) is 12.9. The monoisotopic (exact) mass is 450 g/mol. The molecular weight excluding hydrogens is 424 g/mol. The molecule has 8 heteroatoms. The molecule has 0 radical (unpaired) electrons. The second kappa shape index (κ2) is 9.37. The molecule has 0 unspecified atom stereocenters. The van der Waals surface area contributed by atoms with Crippen molar-refractivity contribution in [2.45, 2.75) is 37.5 Å². The molecule has 1 aliphatic rings. The van der Waals surface area contributed by atoms with Crippen molar-refractivity contribution in [3.05, 3.63) is 53.1 Å². The molecule has 2 aromatic rings. The Hall–Kier alpha value is -2.09. The van der Waals surface area contributed by atoms with E-state index in [0.717, 1.165) is 5.56 Å².